The van der Waals surface area contributed by atoms with Gasteiger partial charge in [0, 0.05) is 24.8 Å². The summed E-state index contributed by atoms with van der Waals surface area (Å²) in [5, 5.41) is 6.34. The molecule has 1 aromatic rings. The third-order valence-corrected chi connectivity index (χ3v) is 10.9. The highest BCUT2D eigenvalue weighted by Gasteiger charge is 2.72. The van der Waals surface area contributed by atoms with Crippen molar-refractivity contribution >= 4 is 23.4 Å². The molecule has 9 nitrogen and oxygen atoms in total. The molecule has 1 saturated carbocycles. The van der Waals surface area contributed by atoms with Gasteiger partial charge in [-0.25, -0.2) is 0 Å². The molecule has 9 heteroatoms. The molecule has 234 valence electrons. The van der Waals surface area contributed by atoms with Crippen LogP contribution in [0, 0.1) is 29.6 Å². The molecule has 2 bridgehead atoms. The van der Waals surface area contributed by atoms with Crippen molar-refractivity contribution in [2.45, 2.75) is 83.1 Å². The minimum atomic E-state index is -1.14. The van der Waals surface area contributed by atoms with E-state index in [1.807, 2.05) is 12.2 Å². The Balaban J connectivity index is 1.23. The van der Waals surface area contributed by atoms with Gasteiger partial charge in [0.05, 0.1) is 25.0 Å². The van der Waals surface area contributed by atoms with Gasteiger partial charge < -0.3 is 29.9 Å². The average Bonchev–Trinajstić information content (AvgIpc) is 3.63. The minimum absolute atomic E-state index is 0.0650. The van der Waals surface area contributed by atoms with Gasteiger partial charge in [0.15, 0.2) is 0 Å². The van der Waals surface area contributed by atoms with Gasteiger partial charge in [-0.3, -0.25) is 14.4 Å². The fraction of sp³-hybridized carbons (Fsp3) is 0.676. The highest BCUT2D eigenvalue weighted by atomic mass is 16.5. The van der Waals surface area contributed by atoms with E-state index < -0.39 is 29.6 Å². The van der Waals surface area contributed by atoms with Crippen LogP contribution in [0.4, 0.5) is 5.69 Å². The van der Waals surface area contributed by atoms with Crippen LogP contribution in [-0.4, -0.2) is 84.6 Å². The number of carbonyl (C=O) groups is 3. The van der Waals surface area contributed by atoms with Gasteiger partial charge in [-0.15, -0.1) is 0 Å². The van der Waals surface area contributed by atoms with E-state index in [2.05, 4.69) is 36.3 Å². The maximum absolute atomic E-state index is 14.3. The third-order valence-electron chi connectivity index (χ3n) is 10.9. The molecular weight excluding hydrogens is 544 g/mol. The summed E-state index contributed by atoms with van der Waals surface area (Å²) in [6, 6.07) is 6.40. The summed E-state index contributed by atoms with van der Waals surface area (Å²) in [4.78, 5) is 46.5. The Morgan fingerprint density at radius 1 is 1.05 bits per heavy atom. The molecule has 0 aromatic heterocycles. The smallest absolute Gasteiger partial charge is 0.246 e. The van der Waals surface area contributed by atoms with Gasteiger partial charge >= 0.3 is 0 Å². The summed E-state index contributed by atoms with van der Waals surface area (Å²) in [7, 11) is 1.60. The molecule has 2 N–H and O–H groups in total. The number of hydrogen-bond donors (Lipinski definition) is 2. The normalized spacial score (nSPS) is 36.9. The predicted octanol–water partition coefficient (Wildman–Crippen LogP) is 3.85. The number of piperidine rings is 1. The van der Waals surface area contributed by atoms with Crippen molar-refractivity contribution in [2.24, 2.45) is 29.6 Å². The highest BCUT2D eigenvalue weighted by molar-refractivity contribution is 6.02. The predicted molar refractivity (Wildman–Crippen MR) is 164 cm³/mol. The second-order valence-corrected chi connectivity index (χ2v) is 13.7. The fourth-order valence-corrected chi connectivity index (χ4v) is 8.41. The van der Waals surface area contributed by atoms with Crippen LogP contribution >= 0.6 is 0 Å². The zero-order valence-electron chi connectivity index (χ0n) is 26.1. The van der Waals surface area contributed by atoms with E-state index in [4.69, 9.17) is 9.47 Å². The Morgan fingerprint density at radius 3 is 2.58 bits per heavy atom. The van der Waals surface area contributed by atoms with Crippen LogP contribution in [0.5, 0.6) is 5.75 Å². The summed E-state index contributed by atoms with van der Waals surface area (Å²) in [5.41, 5.74) is -0.518. The summed E-state index contributed by atoms with van der Waals surface area (Å²) >= 11 is 0. The number of fused-ring (bicyclic) bond motifs is 1. The third kappa shape index (κ3) is 5.59. The lowest BCUT2D eigenvalue weighted by Crippen LogP contribution is -2.58. The maximum atomic E-state index is 14.3. The SMILES string of the molecule is COc1ccc(NC(=O)C2[C@H]3C=CC4(O3)C(C(=O)NC3CCCC(C)C3C)N(CCCN3CCCC(C)C3)C(=O)[C@@H]24)cc1. The average molecular weight is 593 g/mol. The van der Waals surface area contributed by atoms with Gasteiger partial charge in [-0.2, -0.15) is 0 Å². The standard InChI is InChI=1S/C34H48N4O5/c1-21-8-6-17-37(20-21)18-7-19-38-30(32(40)36-26-10-5-9-22(2)23(26)3)34-16-15-27(43-34)28(29(34)33(38)41)31(39)35-24-11-13-25(42-4)14-12-24/h11-16,21-23,26-30H,5-10,17-20H2,1-4H3,(H,35,39)(H,36,40)/t21?,22?,23?,26?,27-,28?,29-,30?,34?/m1/s1. The molecule has 43 heavy (non-hydrogen) atoms. The molecule has 4 aliphatic heterocycles. The number of methoxy groups -OCH3 is 1. The van der Waals surface area contributed by atoms with Crippen molar-refractivity contribution in [2.75, 3.05) is 38.6 Å². The van der Waals surface area contributed by atoms with Crippen molar-refractivity contribution in [3.8, 4) is 5.75 Å². The summed E-state index contributed by atoms with van der Waals surface area (Å²) in [6.07, 6.45) is 9.66. The first kappa shape index (κ1) is 30.1. The summed E-state index contributed by atoms with van der Waals surface area (Å²) in [5.74, 6) is 0.231. The van der Waals surface area contributed by atoms with Crippen LogP contribution in [-0.2, 0) is 19.1 Å². The number of amides is 3. The van der Waals surface area contributed by atoms with Crippen LogP contribution in [0.3, 0.4) is 0 Å². The van der Waals surface area contributed by atoms with Crippen LogP contribution in [0.25, 0.3) is 0 Å². The Hall–Kier alpha value is -2.91. The molecule has 0 radical (unpaired) electrons. The number of likely N-dealkylation sites (tertiary alicyclic amines) is 2. The lowest BCUT2D eigenvalue weighted by molar-refractivity contribution is -0.141. The van der Waals surface area contributed by atoms with E-state index in [9.17, 15) is 14.4 Å². The summed E-state index contributed by atoms with van der Waals surface area (Å²) < 4.78 is 11.8. The van der Waals surface area contributed by atoms with Gasteiger partial charge in [0.25, 0.3) is 0 Å². The molecule has 4 fully saturated rings. The molecule has 1 aromatic carbocycles. The van der Waals surface area contributed by atoms with E-state index >= 15 is 0 Å². The van der Waals surface area contributed by atoms with E-state index in [0.717, 1.165) is 38.9 Å². The second-order valence-electron chi connectivity index (χ2n) is 13.7. The number of benzene rings is 1. The van der Waals surface area contributed by atoms with Crippen molar-refractivity contribution in [1.29, 1.82) is 0 Å². The topological polar surface area (TPSA) is 100 Å². The van der Waals surface area contributed by atoms with Gasteiger partial charge in [0.2, 0.25) is 17.7 Å². The van der Waals surface area contributed by atoms with Crippen LogP contribution in [0.2, 0.25) is 0 Å². The Labute approximate surface area is 255 Å². The van der Waals surface area contributed by atoms with E-state index in [0.29, 0.717) is 35.7 Å². The van der Waals surface area contributed by atoms with E-state index in [1.165, 1.54) is 19.3 Å². The van der Waals surface area contributed by atoms with Crippen LogP contribution < -0.4 is 15.4 Å². The van der Waals surface area contributed by atoms with Gasteiger partial charge in [0.1, 0.15) is 17.4 Å². The molecule has 3 amide bonds. The second kappa shape index (κ2) is 12.2. The largest absolute Gasteiger partial charge is 0.497 e. The van der Waals surface area contributed by atoms with E-state index in [1.54, 1.807) is 36.3 Å². The Kier molecular flexibility index (Phi) is 8.57. The first-order valence-corrected chi connectivity index (χ1v) is 16.4. The number of nitrogens with zero attached hydrogens (tertiary/aromatic N) is 2. The zero-order valence-corrected chi connectivity index (χ0v) is 26.1. The molecular formula is C34H48N4O5. The van der Waals surface area contributed by atoms with Crippen molar-refractivity contribution in [3.05, 3.63) is 36.4 Å². The summed E-state index contributed by atoms with van der Waals surface area (Å²) in [6.45, 7) is 10.3. The molecule has 5 aliphatic rings. The number of anilines is 1. The molecule has 4 heterocycles. The first-order valence-electron chi connectivity index (χ1n) is 16.4. The number of hydrogen-bond acceptors (Lipinski definition) is 6. The lowest BCUT2D eigenvalue weighted by Gasteiger charge is -2.38. The van der Waals surface area contributed by atoms with Gasteiger partial charge in [-0.05, 0) is 80.8 Å². The Morgan fingerprint density at radius 2 is 1.84 bits per heavy atom. The van der Waals surface area contributed by atoms with Crippen LogP contribution in [0.15, 0.2) is 36.4 Å². The lowest BCUT2D eigenvalue weighted by atomic mass is 9.73. The molecule has 1 aliphatic carbocycles. The quantitative estimate of drug-likeness (QED) is 0.423. The molecule has 6 rings (SSSR count). The number of rotatable bonds is 9. The highest BCUT2D eigenvalue weighted by Crippen LogP contribution is 2.55. The number of carbonyl (C=O) groups excluding carboxylic acids is 3. The van der Waals surface area contributed by atoms with Crippen molar-refractivity contribution in [3.63, 3.8) is 0 Å². The van der Waals surface area contributed by atoms with Crippen LogP contribution in [0.1, 0.15) is 59.3 Å². The maximum Gasteiger partial charge on any atom is 0.246 e. The minimum Gasteiger partial charge on any atom is -0.497 e. The van der Waals surface area contributed by atoms with Crippen molar-refractivity contribution < 1.29 is 23.9 Å². The first-order chi connectivity index (χ1) is 20.7. The zero-order chi connectivity index (χ0) is 30.3. The molecule has 3 saturated heterocycles. The fourth-order valence-electron chi connectivity index (χ4n) is 8.41. The monoisotopic (exact) mass is 592 g/mol. The van der Waals surface area contributed by atoms with E-state index in [-0.39, 0.29) is 23.8 Å². The van der Waals surface area contributed by atoms with Crippen molar-refractivity contribution in [1.82, 2.24) is 15.1 Å². The molecule has 7 unspecified atom stereocenters. The Bertz CT molecular complexity index is 1240. The van der Waals surface area contributed by atoms with Gasteiger partial charge in [-0.1, -0.05) is 45.8 Å². The number of nitrogens with one attached hydrogen (secondary N) is 2. The molecule has 1 spiro atoms. The number of ether oxygens (including phenoxy) is 2. The molecule has 9 atom stereocenters.